The molecule has 0 radical (unpaired) electrons. The molecule has 0 aliphatic heterocycles. The molecule has 1 aromatic heterocycles. The molecule has 0 aliphatic carbocycles. The Kier molecular flexibility index (Phi) is 7.96. The minimum atomic E-state index is -1.83. The molecule has 2 amide bonds. The van der Waals surface area contributed by atoms with E-state index in [1.165, 1.54) is 11.8 Å². The van der Waals surface area contributed by atoms with Crippen LogP contribution in [-0.4, -0.2) is 45.2 Å². The highest BCUT2D eigenvalue weighted by atomic mass is 32.2. The maximum absolute atomic E-state index is 13.4. The van der Waals surface area contributed by atoms with Crippen LogP contribution in [0.15, 0.2) is 54.6 Å². The number of rotatable bonds is 9. The van der Waals surface area contributed by atoms with Crippen LogP contribution < -0.4 is 10.6 Å². The summed E-state index contributed by atoms with van der Waals surface area (Å²) in [6.07, 6.45) is 0.291. The molecule has 0 fully saturated rings. The Labute approximate surface area is 187 Å². The van der Waals surface area contributed by atoms with Gasteiger partial charge in [0.1, 0.15) is 17.7 Å². The van der Waals surface area contributed by atoms with E-state index < -0.39 is 35.6 Å². The summed E-state index contributed by atoms with van der Waals surface area (Å²) in [6, 6.07) is 12.4. The van der Waals surface area contributed by atoms with Crippen molar-refractivity contribution in [3.63, 3.8) is 0 Å². The minimum absolute atomic E-state index is 0.246. The molecule has 32 heavy (non-hydrogen) atoms. The van der Waals surface area contributed by atoms with Crippen LogP contribution in [-0.2, 0) is 9.59 Å². The second-order valence-corrected chi connectivity index (χ2v) is 7.96. The smallest absolute Gasteiger partial charge is 0.254 e. The zero-order valence-corrected chi connectivity index (χ0v) is 18.0. The number of aliphatic hydroxyl groups is 1. The van der Waals surface area contributed by atoms with Gasteiger partial charge in [0.25, 0.3) is 5.91 Å². The summed E-state index contributed by atoms with van der Waals surface area (Å²) >= 11 is 1.48. The summed E-state index contributed by atoms with van der Waals surface area (Å²) in [5.41, 5.74) is 1.34. The number of carbonyl (C=O) groups excluding carboxylic acids is 2. The van der Waals surface area contributed by atoms with Gasteiger partial charge in [-0.05, 0) is 41.7 Å². The first-order chi connectivity index (χ1) is 15.4. The predicted octanol–water partition coefficient (Wildman–Crippen LogP) is 3.26. The van der Waals surface area contributed by atoms with Gasteiger partial charge >= 0.3 is 0 Å². The lowest BCUT2D eigenvalue weighted by atomic mass is 10.1. The molecule has 7 nitrogen and oxygen atoms in total. The summed E-state index contributed by atoms with van der Waals surface area (Å²) < 4.78 is 26.8. The minimum Gasteiger partial charge on any atom is -0.378 e. The number of aromatic nitrogens is 2. The first kappa shape index (κ1) is 23.4. The van der Waals surface area contributed by atoms with Crippen molar-refractivity contribution < 1.29 is 23.5 Å². The van der Waals surface area contributed by atoms with Crippen molar-refractivity contribution in [1.82, 2.24) is 15.5 Å². The van der Waals surface area contributed by atoms with Crippen molar-refractivity contribution in [3.05, 3.63) is 71.8 Å². The fourth-order valence-corrected chi connectivity index (χ4v) is 3.48. The normalized spacial score (nSPS) is 12.8. The number of thioether (sulfide) groups is 1. The summed E-state index contributed by atoms with van der Waals surface area (Å²) in [7, 11) is 0. The molecule has 3 aromatic rings. The molecule has 1 heterocycles. The number of hydrogen-bond acceptors (Lipinski definition) is 5. The van der Waals surface area contributed by atoms with E-state index in [4.69, 9.17) is 0 Å². The number of halogens is 2. The van der Waals surface area contributed by atoms with Crippen molar-refractivity contribution in [2.75, 3.05) is 17.3 Å². The second-order valence-electron chi connectivity index (χ2n) is 6.97. The third-order valence-electron chi connectivity index (χ3n) is 4.61. The van der Waals surface area contributed by atoms with Crippen molar-refractivity contribution in [1.29, 1.82) is 0 Å². The number of hydrogen-bond donors (Lipinski definition) is 4. The van der Waals surface area contributed by atoms with E-state index >= 15 is 0 Å². The summed E-state index contributed by atoms with van der Waals surface area (Å²) in [5, 5.41) is 22.2. The second kappa shape index (κ2) is 10.9. The Balaban J connectivity index is 1.69. The number of H-pyrrole nitrogens is 1. The van der Waals surface area contributed by atoms with E-state index in [2.05, 4.69) is 20.8 Å². The highest BCUT2D eigenvalue weighted by Gasteiger charge is 2.26. The summed E-state index contributed by atoms with van der Waals surface area (Å²) in [4.78, 5) is 25.2. The quantitative estimate of drug-likeness (QED) is 0.392. The number of amides is 2. The molecule has 0 saturated heterocycles. The lowest BCUT2D eigenvalue weighted by Gasteiger charge is -2.20. The standard InChI is InChI=1S/C22H22F2N4O3S/c1-32-8-7-17(25-22(31)20(29)14-9-15(23)11-16(24)10-14)21(30)26-19-12-18(27-28-19)13-5-3-2-4-6-13/h2-6,9-12,17,20,29H,7-8H2,1H3,(H,25,31)(H2,26,27,28,30). The highest BCUT2D eigenvalue weighted by molar-refractivity contribution is 7.98. The van der Waals surface area contributed by atoms with E-state index in [0.717, 1.165) is 17.7 Å². The number of aliphatic hydroxyl groups excluding tert-OH is 1. The lowest BCUT2D eigenvalue weighted by molar-refractivity contribution is -0.133. The van der Waals surface area contributed by atoms with Gasteiger partial charge in [0.2, 0.25) is 5.91 Å². The molecule has 4 N–H and O–H groups in total. The number of anilines is 1. The van der Waals surface area contributed by atoms with Crippen LogP contribution in [0.4, 0.5) is 14.6 Å². The van der Waals surface area contributed by atoms with E-state index in [0.29, 0.717) is 17.5 Å². The summed E-state index contributed by atoms with van der Waals surface area (Å²) in [6.45, 7) is 0. The van der Waals surface area contributed by atoms with Gasteiger partial charge in [-0.3, -0.25) is 14.7 Å². The average molecular weight is 461 g/mol. The molecule has 0 spiro atoms. The topological polar surface area (TPSA) is 107 Å². The first-order valence-electron chi connectivity index (χ1n) is 9.72. The Bertz CT molecular complexity index is 1060. The molecule has 3 rings (SSSR count). The fourth-order valence-electron chi connectivity index (χ4n) is 3.00. The Morgan fingerprint density at radius 3 is 2.44 bits per heavy atom. The van der Waals surface area contributed by atoms with Crippen molar-refractivity contribution in [2.24, 2.45) is 0 Å². The van der Waals surface area contributed by atoms with Crippen LogP contribution in [0.2, 0.25) is 0 Å². The van der Waals surface area contributed by atoms with Crippen LogP contribution in [0.3, 0.4) is 0 Å². The molecule has 0 bridgehead atoms. The Morgan fingerprint density at radius 1 is 1.09 bits per heavy atom. The van der Waals surface area contributed by atoms with Gasteiger partial charge < -0.3 is 15.7 Å². The SMILES string of the molecule is CSCCC(NC(=O)C(O)c1cc(F)cc(F)c1)C(=O)Nc1cc(-c2ccccc2)[nH]n1. The third kappa shape index (κ3) is 6.14. The molecule has 10 heteroatoms. The Hall–Kier alpha value is -3.24. The average Bonchev–Trinajstić information content (AvgIpc) is 3.24. The largest absolute Gasteiger partial charge is 0.378 e. The number of nitrogens with one attached hydrogen (secondary N) is 3. The number of carbonyl (C=O) groups is 2. The number of benzene rings is 2. The van der Waals surface area contributed by atoms with E-state index in [9.17, 15) is 23.5 Å². The van der Waals surface area contributed by atoms with Crippen LogP contribution >= 0.6 is 11.8 Å². The Morgan fingerprint density at radius 2 is 1.78 bits per heavy atom. The first-order valence-corrected chi connectivity index (χ1v) is 11.1. The van der Waals surface area contributed by atoms with E-state index in [-0.39, 0.29) is 17.8 Å². The number of aromatic amines is 1. The maximum atomic E-state index is 13.4. The predicted molar refractivity (Wildman–Crippen MR) is 119 cm³/mol. The van der Waals surface area contributed by atoms with Crippen molar-refractivity contribution in [2.45, 2.75) is 18.6 Å². The van der Waals surface area contributed by atoms with Gasteiger partial charge in [-0.1, -0.05) is 30.3 Å². The molecule has 0 aliphatic rings. The molecule has 0 saturated carbocycles. The zero-order chi connectivity index (χ0) is 23.1. The number of nitrogens with zero attached hydrogens (tertiary/aromatic N) is 1. The van der Waals surface area contributed by atoms with Crippen molar-refractivity contribution in [3.8, 4) is 11.3 Å². The van der Waals surface area contributed by atoms with Gasteiger partial charge in [0, 0.05) is 12.1 Å². The summed E-state index contributed by atoms with van der Waals surface area (Å²) in [5.74, 6) is -2.49. The molecular weight excluding hydrogens is 438 g/mol. The van der Waals surface area contributed by atoms with Crippen molar-refractivity contribution >= 4 is 29.4 Å². The highest BCUT2D eigenvalue weighted by Crippen LogP contribution is 2.20. The van der Waals surface area contributed by atoms with E-state index in [1.54, 1.807) is 6.07 Å². The van der Waals surface area contributed by atoms with Gasteiger partial charge in [-0.2, -0.15) is 16.9 Å². The molecule has 168 valence electrons. The molecule has 2 unspecified atom stereocenters. The van der Waals surface area contributed by atoms with Gasteiger partial charge in [-0.25, -0.2) is 8.78 Å². The van der Waals surface area contributed by atoms with Crippen LogP contribution in [0.5, 0.6) is 0 Å². The van der Waals surface area contributed by atoms with Gasteiger partial charge in [-0.15, -0.1) is 0 Å². The third-order valence-corrected chi connectivity index (χ3v) is 5.25. The lowest BCUT2D eigenvalue weighted by Crippen LogP contribution is -2.46. The molecular formula is C22H22F2N4O3S. The van der Waals surface area contributed by atoms with Gasteiger partial charge in [0.15, 0.2) is 11.9 Å². The van der Waals surface area contributed by atoms with Crippen LogP contribution in [0.25, 0.3) is 11.3 Å². The van der Waals surface area contributed by atoms with E-state index in [1.807, 2.05) is 36.6 Å². The monoisotopic (exact) mass is 460 g/mol. The molecule has 2 aromatic carbocycles. The maximum Gasteiger partial charge on any atom is 0.254 e. The molecule has 2 atom stereocenters. The van der Waals surface area contributed by atoms with Gasteiger partial charge in [0.05, 0.1) is 5.69 Å². The van der Waals surface area contributed by atoms with Crippen LogP contribution in [0.1, 0.15) is 18.1 Å². The van der Waals surface area contributed by atoms with Crippen LogP contribution in [0, 0.1) is 11.6 Å². The zero-order valence-electron chi connectivity index (χ0n) is 17.1. The fraction of sp³-hybridized carbons (Fsp3) is 0.227.